The first-order chi connectivity index (χ1) is 18.0. The minimum Gasteiger partial charge on any atom is -0.478 e. The van der Waals surface area contributed by atoms with E-state index in [1.54, 1.807) is 53.2 Å². The summed E-state index contributed by atoms with van der Waals surface area (Å²) in [5, 5.41) is 20.6. The van der Waals surface area contributed by atoms with E-state index in [0.717, 1.165) is 11.8 Å². The Bertz CT molecular complexity index is 1550. The van der Waals surface area contributed by atoms with Crippen molar-refractivity contribution in [3.8, 4) is 22.9 Å². The van der Waals surface area contributed by atoms with E-state index >= 15 is 0 Å². The molecule has 5 aromatic rings. The van der Waals surface area contributed by atoms with Gasteiger partial charge in [-0.3, -0.25) is 4.68 Å². The zero-order valence-electron chi connectivity index (χ0n) is 19.3. The van der Waals surface area contributed by atoms with Crippen LogP contribution in [-0.2, 0) is 13.0 Å². The predicted octanol–water partition coefficient (Wildman–Crippen LogP) is 4.67. The molecular formula is C26H20F2N6O3. The minimum absolute atomic E-state index is 0.0222. The molecule has 0 aliphatic rings. The average molecular weight is 502 g/mol. The maximum absolute atomic E-state index is 14.5. The Hall–Kier alpha value is -4.93. The first-order valence-corrected chi connectivity index (χ1v) is 11.3. The molecule has 2 N–H and O–H groups in total. The monoisotopic (exact) mass is 502 g/mol. The van der Waals surface area contributed by atoms with Crippen molar-refractivity contribution in [3.63, 3.8) is 0 Å². The van der Waals surface area contributed by atoms with Crippen LogP contribution in [-0.4, -0.2) is 42.5 Å². The van der Waals surface area contributed by atoms with Gasteiger partial charge in [-0.25, -0.2) is 23.5 Å². The van der Waals surface area contributed by atoms with Gasteiger partial charge in [0.2, 0.25) is 0 Å². The molecule has 3 heterocycles. The number of carbonyl (C=O) groups is 1. The number of anilines is 1. The van der Waals surface area contributed by atoms with Crippen LogP contribution < -0.4 is 5.32 Å². The number of aromatic carboxylic acids is 1. The Morgan fingerprint density at radius 3 is 2.68 bits per heavy atom. The normalized spacial score (nSPS) is 11.0. The number of carboxylic acid groups (broad SMARTS) is 1. The van der Waals surface area contributed by atoms with Gasteiger partial charge in [0.25, 0.3) is 0 Å². The number of benzene rings is 2. The highest BCUT2D eigenvalue weighted by molar-refractivity contribution is 5.87. The minimum atomic E-state index is -1.01. The van der Waals surface area contributed by atoms with E-state index in [1.807, 2.05) is 0 Å². The Morgan fingerprint density at radius 2 is 1.89 bits per heavy atom. The van der Waals surface area contributed by atoms with Gasteiger partial charge in [-0.2, -0.15) is 5.10 Å². The van der Waals surface area contributed by atoms with Crippen molar-refractivity contribution in [2.45, 2.75) is 13.0 Å². The lowest BCUT2D eigenvalue weighted by molar-refractivity contribution is 0.0696. The number of nitrogens with zero attached hydrogens (tertiary/aromatic N) is 5. The van der Waals surface area contributed by atoms with E-state index in [0.29, 0.717) is 35.6 Å². The molecule has 0 saturated heterocycles. The lowest BCUT2D eigenvalue weighted by Gasteiger charge is -2.08. The summed E-state index contributed by atoms with van der Waals surface area (Å²) < 4.78 is 35.3. The van der Waals surface area contributed by atoms with Gasteiger partial charge in [0.1, 0.15) is 23.5 Å². The molecule has 9 nitrogen and oxygen atoms in total. The maximum Gasteiger partial charge on any atom is 0.335 e. The van der Waals surface area contributed by atoms with Crippen LogP contribution in [0.5, 0.6) is 0 Å². The van der Waals surface area contributed by atoms with Crippen LogP contribution in [0, 0.1) is 11.6 Å². The van der Waals surface area contributed by atoms with E-state index in [-0.39, 0.29) is 29.6 Å². The van der Waals surface area contributed by atoms with Gasteiger partial charge in [-0.05, 0) is 36.2 Å². The number of halogens is 2. The molecule has 0 radical (unpaired) electrons. The Labute approximate surface area is 209 Å². The summed E-state index contributed by atoms with van der Waals surface area (Å²) in [6.07, 6.45) is 2.91. The second-order valence-electron chi connectivity index (χ2n) is 8.12. The molecule has 0 spiro atoms. The van der Waals surface area contributed by atoms with Crippen LogP contribution in [0.15, 0.2) is 77.6 Å². The molecule has 0 unspecified atom stereocenters. The summed E-state index contributed by atoms with van der Waals surface area (Å²) >= 11 is 0. The number of aromatic nitrogens is 5. The Morgan fingerprint density at radius 1 is 1.03 bits per heavy atom. The molecule has 0 aliphatic heterocycles. The fourth-order valence-corrected chi connectivity index (χ4v) is 3.79. The summed E-state index contributed by atoms with van der Waals surface area (Å²) in [4.78, 5) is 19.5. The Balaban J connectivity index is 1.39. The standard InChI is InChI=1S/C26H20F2N6O3/c27-19-7-2-1-5-18(19)15-34-23(21-9-11-37-33-21)13-22(32-34)25-30-14-20(28)24(31-25)29-10-8-16-4-3-6-17(12-16)26(35)36/h1-7,9,11-14H,8,10,15H2,(H,35,36)(H,29,30,31). The average Bonchev–Trinajstić information content (AvgIpc) is 3.57. The van der Waals surface area contributed by atoms with Gasteiger partial charge in [0.15, 0.2) is 17.5 Å². The van der Waals surface area contributed by atoms with Crippen molar-refractivity contribution in [1.29, 1.82) is 0 Å². The highest BCUT2D eigenvalue weighted by atomic mass is 19.1. The molecular weight excluding hydrogens is 482 g/mol. The van der Waals surface area contributed by atoms with E-state index < -0.39 is 11.8 Å². The largest absolute Gasteiger partial charge is 0.478 e. The van der Waals surface area contributed by atoms with Crippen molar-refractivity contribution in [2.75, 3.05) is 11.9 Å². The molecule has 37 heavy (non-hydrogen) atoms. The molecule has 0 aliphatic carbocycles. The molecule has 0 atom stereocenters. The topological polar surface area (TPSA) is 119 Å². The third kappa shape index (κ3) is 5.35. The van der Waals surface area contributed by atoms with E-state index in [4.69, 9.17) is 9.63 Å². The highest BCUT2D eigenvalue weighted by Gasteiger charge is 2.18. The van der Waals surface area contributed by atoms with Crippen LogP contribution >= 0.6 is 0 Å². The fourth-order valence-electron chi connectivity index (χ4n) is 3.79. The zero-order chi connectivity index (χ0) is 25.8. The van der Waals surface area contributed by atoms with Gasteiger partial charge in [-0.1, -0.05) is 35.5 Å². The SMILES string of the molecule is O=C(O)c1cccc(CCNc2nc(-c3cc(-c4ccon4)n(Cc4ccccc4F)n3)ncc2F)c1. The van der Waals surface area contributed by atoms with Crippen molar-refractivity contribution in [1.82, 2.24) is 24.9 Å². The number of rotatable bonds is 9. The van der Waals surface area contributed by atoms with Crippen LogP contribution in [0.4, 0.5) is 14.6 Å². The van der Waals surface area contributed by atoms with Crippen molar-refractivity contribution < 1.29 is 23.2 Å². The molecule has 0 saturated carbocycles. The number of carboxylic acids is 1. The first kappa shape index (κ1) is 23.8. The van der Waals surface area contributed by atoms with Crippen LogP contribution in [0.3, 0.4) is 0 Å². The fraction of sp³-hybridized carbons (Fsp3) is 0.115. The van der Waals surface area contributed by atoms with Gasteiger partial charge in [-0.15, -0.1) is 0 Å². The van der Waals surface area contributed by atoms with Gasteiger partial charge >= 0.3 is 5.97 Å². The van der Waals surface area contributed by atoms with Gasteiger partial charge < -0.3 is 14.9 Å². The quantitative estimate of drug-likeness (QED) is 0.298. The highest BCUT2D eigenvalue weighted by Crippen LogP contribution is 2.26. The number of nitrogens with one attached hydrogen (secondary N) is 1. The molecule has 186 valence electrons. The molecule has 0 amide bonds. The molecule has 0 bridgehead atoms. The van der Waals surface area contributed by atoms with E-state index in [9.17, 15) is 13.6 Å². The van der Waals surface area contributed by atoms with Crippen LogP contribution in [0.1, 0.15) is 21.5 Å². The second-order valence-corrected chi connectivity index (χ2v) is 8.12. The molecule has 3 aromatic heterocycles. The Kier molecular flexibility index (Phi) is 6.66. The summed E-state index contributed by atoms with van der Waals surface area (Å²) in [6, 6.07) is 16.2. The summed E-state index contributed by atoms with van der Waals surface area (Å²) in [5.74, 6) is -1.89. The van der Waals surface area contributed by atoms with E-state index in [1.165, 1.54) is 18.4 Å². The maximum atomic E-state index is 14.5. The smallest absolute Gasteiger partial charge is 0.335 e. The third-order valence-electron chi connectivity index (χ3n) is 5.61. The lowest BCUT2D eigenvalue weighted by atomic mass is 10.1. The predicted molar refractivity (Wildman–Crippen MR) is 130 cm³/mol. The summed E-state index contributed by atoms with van der Waals surface area (Å²) in [7, 11) is 0. The summed E-state index contributed by atoms with van der Waals surface area (Å²) in [6.45, 7) is 0.429. The van der Waals surface area contributed by atoms with Crippen molar-refractivity contribution in [3.05, 3.63) is 101 Å². The van der Waals surface area contributed by atoms with Crippen LogP contribution in [0.2, 0.25) is 0 Å². The van der Waals surface area contributed by atoms with Crippen LogP contribution in [0.25, 0.3) is 22.9 Å². The van der Waals surface area contributed by atoms with Crippen molar-refractivity contribution in [2.24, 2.45) is 0 Å². The molecule has 2 aromatic carbocycles. The second kappa shape index (κ2) is 10.4. The van der Waals surface area contributed by atoms with Crippen molar-refractivity contribution >= 4 is 11.8 Å². The first-order valence-electron chi connectivity index (χ1n) is 11.3. The molecule has 0 fully saturated rings. The lowest BCUT2D eigenvalue weighted by Crippen LogP contribution is -2.10. The molecule has 11 heteroatoms. The van der Waals surface area contributed by atoms with E-state index in [2.05, 4.69) is 25.5 Å². The number of hydrogen-bond acceptors (Lipinski definition) is 7. The summed E-state index contributed by atoms with van der Waals surface area (Å²) in [5.41, 5.74) is 2.77. The third-order valence-corrected chi connectivity index (χ3v) is 5.61. The van der Waals surface area contributed by atoms with Gasteiger partial charge in [0.05, 0.1) is 24.0 Å². The zero-order valence-corrected chi connectivity index (χ0v) is 19.3. The molecule has 5 rings (SSSR count). The number of hydrogen-bond donors (Lipinski definition) is 2. The van der Waals surface area contributed by atoms with Gasteiger partial charge in [0, 0.05) is 18.2 Å².